The van der Waals surface area contributed by atoms with Crippen LogP contribution in [0.4, 0.5) is 0 Å². The van der Waals surface area contributed by atoms with Gasteiger partial charge in [-0.15, -0.1) is 0 Å². The van der Waals surface area contributed by atoms with Gasteiger partial charge in [-0.25, -0.2) is 13.8 Å². The van der Waals surface area contributed by atoms with Crippen LogP contribution in [0.25, 0.3) is 0 Å². The zero-order chi connectivity index (χ0) is 20.2. The summed E-state index contributed by atoms with van der Waals surface area (Å²) in [6, 6.07) is 6.25. The SMILES string of the molecule is CC1(C)[C@@H]2CC[C@]1(C)/C(=N/NC(=O)c1cccc(S(=O)(=O)N3CCCC3)c1)C2. The molecule has 3 fully saturated rings. The maximum Gasteiger partial charge on any atom is 0.271 e. The van der Waals surface area contributed by atoms with Crippen LogP contribution in [0.15, 0.2) is 34.3 Å². The molecule has 0 unspecified atom stereocenters. The average Bonchev–Trinajstić information content (AvgIpc) is 3.33. The van der Waals surface area contributed by atoms with Crippen molar-refractivity contribution in [3.63, 3.8) is 0 Å². The molecule has 2 saturated carbocycles. The molecule has 3 aliphatic rings. The molecule has 2 bridgehead atoms. The van der Waals surface area contributed by atoms with Crippen LogP contribution in [0.5, 0.6) is 0 Å². The zero-order valence-electron chi connectivity index (χ0n) is 16.9. The molecule has 1 aliphatic heterocycles. The van der Waals surface area contributed by atoms with E-state index in [4.69, 9.17) is 0 Å². The Labute approximate surface area is 167 Å². The van der Waals surface area contributed by atoms with E-state index in [1.54, 1.807) is 18.2 Å². The molecule has 0 aromatic heterocycles. The van der Waals surface area contributed by atoms with Crippen molar-refractivity contribution in [2.24, 2.45) is 21.8 Å². The van der Waals surface area contributed by atoms with Crippen LogP contribution in [0.3, 0.4) is 0 Å². The summed E-state index contributed by atoms with van der Waals surface area (Å²) >= 11 is 0. The van der Waals surface area contributed by atoms with Gasteiger partial charge in [0.05, 0.1) is 4.90 Å². The van der Waals surface area contributed by atoms with Crippen LogP contribution >= 0.6 is 0 Å². The highest BCUT2D eigenvalue weighted by Crippen LogP contribution is 2.63. The molecular formula is C21H29N3O3S. The summed E-state index contributed by atoms with van der Waals surface area (Å²) in [5.74, 6) is 0.247. The fraction of sp³-hybridized carbons (Fsp3) is 0.619. The molecule has 1 heterocycles. The predicted molar refractivity (Wildman–Crippen MR) is 109 cm³/mol. The Balaban J connectivity index is 1.52. The van der Waals surface area contributed by atoms with Gasteiger partial charge >= 0.3 is 0 Å². The Kier molecular flexibility index (Phi) is 4.66. The van der Waals surface area contributed by atoms with E-state index in [1.807, 2.05) is 0 Å². The second-order valence-corrected chi connectivity index (χ2v) is 11.1. The van der Waals surface area contributed by atoms with E-state index >= 15 is 0 Å². The lowest BCUT2D eigenvalue weighted by Crippen LogP contribution is -2.34. The largest absolute Gasteiger partial charge is 0.271 e. The topological polar surface area (TPSA) is 78.8 Å². The first-order valence-electron chi connectivity index (χ1n) is 10.1. The lowest BCUT2D eigenvalue weighted by molar-refractivity contribution is 0.0953. The number of nitrogens with zero attached hydrogens (tertiary/aromatic N) is 2. The number of nitrogens with one attached hydrogen (secondary N) is 1. The fourth-order valence-corrected chi connectivity index (χ4v) is 6.72. The highest BCUT2D eigenvalue weighted by atomic mass is 32.2. The van der Waals surface area contributed by atoms with Crippen LogP contribution < -0.4 is 5.43 Å². The summed E-state index contributed by atoms with van der Waals surface area (Å²) in [4.78, 5) is 12.8. The first-order valence-corrected chi connectivity index (χ1v) is 11.6. The van der Waals surface area contributed by atoms with Crippen LogP contribution in [-0.2, 0) is 10.0 Å². The highest BCUT2D eigenvalue weighted by Gasteiger charge is 2.60. The third-order valence-electron chi connectivity index (χ3n) is 7.60. The second-order valence-electron chi connectivity index (χ2n) is 9.13. The molecule has 7 heteroatoms. The Hall–Kier alpha value is -1.73. The van der Waals surface area contributed by atoms with E-state index in [1.165, 1.54) is 16.8 Å². The van der Waals surface area contributed by atoms with E-state index in [-0.39, 0.29) is 21.6 Å². The number of carbonyl (C=O) groups is 1. The van der Waals surface area contributed by atoms with Gasteiger partial charge in [-0.05, 0) is 61.6 Å². The van der Waals surface area contributed by atoms with Gasteiger partial charge in [-0.3, -0.25) is 4.79 Å². The lowest BCUT2D eigenvalue weighted by atomic mass is 9.70. The van der Waals surface area contributed by atoms with E-state index in [9.17, 15) is 13.2 Å². The predicted octanol–water partition coefficient (Wildman–Crippen LogP) is 3.40. The van der Waals surface area contributed by atoms with Gasteiger partial charge in [-0.1, -0.05) is 26.8 Å². The van der Waals surface area contributed by atoms with Crippen molar-refractivity contribution in [1.29, 1.82) is 0 Å². The van der Waals surface area contributed by atoms with Crippen molar-refractivity contribution in [3.05, 3.63) is 29.8 Å². The van der Waals surface area contributed by atoms with Crippen LogP contribution in [-0.4, -0.2) is 37.4 Å². The molecule has 1 amide bonds. The minimum absolute atomic E-state index is 0.0197. The van der Waals surface area contributed by atoms with Gasteiger partial charge in [0.25, 0.3) is 5.91 Å². The number of rotatable bonds is 4. The Morgan fingerprint density at radius 3 is 2.54 bits per heavy atom. The molecule has 0 spiro atoms. The lowest BCUT2D eigenvalue weighted by Gasteiger charge is -2.34. The number of carbonyl (C=O) groups excluding carboxylic acids is 1. The maximum absolute atomic E-state index is 12.7. The molecule has 6 nitrogen and oxygen atoms in total. The molecule has 2 aliphatic carbocycles. The molecule has 152 valence electrons. The molecule has 1 aromatic rings. The number of hydrogen-bond donors (Lipinski definition) is 1. The summed E-state index contributed by atoms with van der Waals surface area (Å²) in [6.07, 6.45) is 5.00. The number of hydrogen-bond acceptors (Lipinski definition) is 4. The third-order valence-corrected chi connectivity index (χ3v) is 9.50. The highest BCUT2D eigenvalue weighted by molar-refractivity contribution is 7.89. The number of hydrazone groups is 1. The smallest absolute Gasteiger partial charge is 0.267 e. The van der Waals surface area contributed by atoms with Crippen molar-refractivity contribution in [2.75, 3.05) is 13.1 Å². The number of fused-ring (bicyclic) bond motifs is 2. The maximum atomic E-state index is 12.7. The summed E-state index contributed by atoms with van der Waals surface area (Å²) < 4.78 is 27.0. The van der Waals surface area contributed by atoms with Gasteiger partial charge in [0, 0.05) is 29.8 Å². The molecule has 1 N–H and O–H groups in total. The third kappa shape index (κ3) is 2.90. The van der Waals surface area contributed by atoms with Crippen molar-refractivity contribution in [3.8, 4) is 0 Å². The summed E-state index contributed by atoms with van der Waals surface area (Å²) in [5, 5.41) is 4.48. The average molecular weight is 404 g/mol. The first kappa shape index (κ1) is 19.6. The van der Waals surface area contributed by atoms with Crippen LogP contribution in [0, 0.1) is 16.7 Å². The van der Waals surface area contributed by atoms with Crippen LogP contribution in [0.2, 0.25) is 0 Å². The molecule has 0 radical (unpaired) electrons. The molecule has 28 heavy (non-hydrogen) atoms. The second kappa shape index (κ2) is 6.66. The minimum Gasteiger partial charge on any atom is -0.267 e. The summed E-state index contributed by atoms with van der Waals surface area (Å²) in [7, 11) is -3.54. The fourth-order valence-electron chi connectivity index (χ4n) is 5.16. The Bertz CT molecular complexity index is 932. The van der Waals surface area contributed by atoms with Gasteiger partial charge in [-0.2, -0.15) is 9.41 Å². The summed E-state index contributed by atoms with van der Waals surface area (Å²) in [5.41, 5.74) is 4.27. The number of benzene rings is 1. The number of sulfonamides is 1. The van der Waals surface area contributed by atoms with Crippen molar-refractivity contribution < 1.29 is 13.2 Å². The first-order chi connectivity index (χ1) is 13.2. The quantitative estimate of drug-likeness (QED) is 0.783. The van der Waals surface area contributed by atoms with Gasteiger partial charge in [0.15, 0.2) is 0 Å². The monoisotopic (exact) mass is 403 g/mol. The van der Waals surface area contributed by atoms with Crippen LogP contribution in [0.1, 0.15) is 63.2 Å². The van der Waals surface area contributed by atoms with Crippen molar-refractivity contribution in [1.82, 2.24) is 9.73 Å². The Morgan fingerprint density at radius 2 is 1.93 bits per heavy atom. The normalized spacial score (nSPS) is 30.8. The summed E-state index contributed by atoms with van der Waals surface area (Å²) in [6.45, 7) is 7.92. The van der Waals surface area contributed by atoms with Gasteiger partial charge in [0.2, 0.25) is 10.0 Å². The van der Waals surface area contributed by atoms with E-state index in [2.05, 4.69) is 31.3 Å². The van der Waals surface area contributed by atoms with Crippen molar-refractivity contribution in [2.45, 2.75) is 57.8 Å². The zero-order valence-corrected chi connectivity index (χ0v) is 17.7. The van der Waals surface area contributed by atoms with E-state index in [0.29, 0.717) is 24.6 Å². The molecule has 2 atom stereocenters. The van der Waals surface area contributed by atoms with Gasteiger partial charge < -0.3 is 0 Å². The Morgan fingerprint density at radius 1 is 1.21 bits per heavy atom. The van der Waals surface area contributed by atoms with E-state index < -0.39 is 10.0 Å². The molecule has 1 aromatic carbocycles. The molecular weight excluding hydrogens is 374 g/mol. The molecule has 1 saturated heterocycles. The standard InChI is InChI=1S/C21H29N3O3S/c1-20(2)16-9-10-21(20,3)18(14-16)22-23-19(25)15-7-6-8-17(13-15)28(26,27)24-11-4-5-12-24/h6-8,13,16H,4-5,9-12,14H2,1-3H3,(H,23,25)/b22-18+/t16-,21-/m1/s1. The van der Waals surface area contributed by atoms with E-state index in [0.717, 1.165) is 31.4 Å². The minimum atomic E-state index is -3.54. The van der Waals surface area contributed by atoms with Crippen molar-refractivity contribution >= 4 is 21.6 Å². The molecule has 4 rings (SSSR count). The number of amides is 1. The van der Waals surface area contributed by atoms with Gasteiger partial charge in [0.1, 0.15) is 0 Å².